The topological polar surface area (TPSA) is 72.8 Å². The fraction of sp³-hybridized carbons (Fsp3) is 0.818. The van der Waals surface area contributed by atoms with Gasteiger partial charge in [-0.05, 0) is 18.3 Å². The minimum Gasteiger partial charge on any atom is -0.480 e. The predicted octanol–water partition coefficient (Wildman–Crippen LogP) is 1.16. The monoisotopic (exact) mass is 262 g/mol. The van der Waals surface area contributed by atoms with Crippen LogP contribution in [0.2, 0.25) is 0 Å². The average molecular weight is 262 g/mol. The number of carboxylic acids is 1. The lowest BCUT2D eigenvalue weighted by atomic mass is 10.1. The van der Waals surface area contributed by atoms with Gasteiger partial charge in [-0.1, -0.05) is 0 Å². The van der Waals surface area contributed by atoms with Crippen molar-refractivity contribution in [3.8, 4) is 0 Å². The number of esters is 1. The van der Waals surface area contributed by atoms with Gasteiger partial charge in [0.25, 0.3) is 0 Å². The van der Waals surface area contributed by atoms with Crippen molar-refractivity contribution in [2.75, 3.05) is 26.6 Å². The van der Waals surface area contributed by atoms with Gasteiger partial charge in [0.1, 0.15) is 5.25 Å². The van der Waals surface area contributed by atoms with Crippen LogP contribution < -0.4 is 0 Å². The lowest BCUT2D eigenvalue weighted by Gasteiger charge is -2.16. The summed E-state index contributed by atoms with van der Waals surface area (Å²) in [6.45, 7) is 0.189. The van der Waals surface area contributed by atoms with Crippen LogP contribution in [-0.4, -0.2) is 48.9 Å². The molecule has 1 N–H and O–H groups in total. The van der Waals surface area contributed by atoms with E-state index in [1.165, 1.54) is 26.0 Å². The second kappa shape index (κ2) is 6.26. The van der Waals surface area contributed by atoms with Crippen molar-refractivity contribution in [3.63, 3.8) is 0 Å². The maximum absolute atomic E-state index is 11.2. The number of hydrogen-bond donors (Lipinski definition) is 1. The first-order valence-electron chi connectivity index (χ1n) is 5.43. The number of carbonyl (C=O) groups excluding carboxylic acids is 1. The minimum atomic E-state index is -0.870. The van der Waals surface area contributed by atoms with E-state index in [0.29, 0.717) is 12.2 Å². The molecule has 0 aliphatic heterocycles. The van der Waals surface area contributed by atoms with Gasteiger partial charge in [0.2, 0.25) is 0 Å². The molecule has 0 saturated heterocycles. The van der Waals surface area contributed by atoms with Gasteiger partial charge in [0, 0.05) is 12.9 Å². The van der Waals surface area contributed by atoms with Gasteiger partial charge in [-0.2, -0.15) is 0 Å². The lowest BCUT2D eigenvalue weighted by molar-refractivity contribution is -0.141. The number of methoxy groups -OCH3 is 2. The van der Waals surface area contributed by atoms with Crippen molar-refractivity contribution in [2.24, 2.45) is 5.41 Å². The summed E-state index contributed by atoms with van der Waals surface area (Å²) in [5.74, 6) is -0.421. The van der Waals surface area contributed by atoms with Crippen molar-refractivity contribution in [2.45, 2.75) is 24.5 Å². The fourth-order valence-electron chi connectivity index (χ4n) is 1.55. The maximum Gasteiger partial charge on any atom is 0.319 e. The highest BCUT2D eigenvalue weighted by Crippen LogP contribution is 2.51. The van der Waals surface area contributed by atoms with Gasteiger partial charge in [-0.25, -0.2) is 0 Å². The largest absolute Gasteiger partial charge is 0.480 e. The molecule has 1 fully saturated rings. The van der Waals surface area contributed by atoms with E-state index in [0.717, 1.165) is 12.8 Å². The third-order valence-electron chi connectivity index (χ3n) is 2.89. The molecule has 1 aliphatic rings. The van der Waals surface area contributed by atoms with E-state index in [1.54, 1.807) is 0 Å². The number of rotatable bonds is 8. The lowest BCUT2D eigenvalue weighted by Crippen LogP contribution is -2.24. The van der Waals surface area contributed by atoms with Gasteiger partial charge < -0.3 is 14.6 Å². The van der Waals surface area contributed by atoms with Crippen molar-refractivity contribution in [3.05, 3.63) is 0 Å². The number of carbonyl (C=O) groups is 2. The first kappa shape index (κ1) is 14.3. The van der Waals surface area contributed by atoms with Crippen LogP contribution in [0.4, 0.5) is 0 Å². The van der Waals surface area contributed by atoms with Gasteiger partial charge in [0.15, 0.2) is 0 Å². The Morgan fingerprint density at radius 1 is 1.41 bits per heavy atom. The zero-order valence-electron chi connectivity index (χ0n) is 10.1. The van der Waals surface area contributed by atoms with Gasteiger partial charge in [0.05, 0.1) is 20.1 Å². The molecule has 1 unspecified atom stereocenters. The van der Waals surface area contributed by atoms with Crippen molar-refractivity contribution in [1.29, 1.82) is 0 Å². The second-order valence-corrected chi connectivity index (χ2v) is 5.54. The highest BCUT2D eigenvalue weighted by atomic mass is 32.2. The summed E-state index contributed by atoms with van der Waals surface area (Å²) in [5.41, 5.74) is -0.0425. The molecule has 0 spiro atoms. The third-order valence-corrected chi connectivity index (χ3v) is 4.41. The van der Waals surface area contributed by atoms with Crippen LogP contribution in [0.5, 0.6) is 0 Å². The first-order valence-corrected chi connectivity index (χ1v) is 6.48. The molecule has 0 bridgehead atoms. The molecule has 0 aromatic carbocycles. The fourth-order valence-corrected chi connectivity index (χ4v) is 2.87. The Morgan fingerprint density at radius 2 is 2.06 bits per heavy atom. The highest BCUT2D eigenvalue weighted by Gasteiger charge is 2.45. The number of carboxylic acid groups (broad SMARTS) is 1. The van der Waals surface area contributed by atoms with Crippen LogP contribution in [0.15, 0.2) is 0 Å². The molecule has 6 heteroatoms. The van der Waals surface area contributed by atoms with Crippen molar-refractivity contribution < 1.29 is 24.2 Å². The van der Waals surface area contributed by atoms with Gasteiger partial charge in [-0.3, -0.25) is 9.59 Å². The molecule has 5 nitrogen and oxygen atoms in total. The van der Waals surface area contributed by atoms with Crippen LogP contribution in [0, 0.1) is 5.41 Å². The number of thioether (sulfide) groups is 1. The molecular weight excluding hydrogens is 244 g/mol. The van der Waals surface area contributed by atoms with Gasteiger partial charge in [-0.15, -0.1) is 11.8 Å². The Morgan fingerprint density at radius 3 is 2.47 bits per heavy atom. The number of hydrogen-bond acceptors (Lipinski definition) is 5. The molecule has 1 aliphatic carbocycles. The van der Waals surface area contributed by atoms with Crippen molar-refractivity contribution in [1.82, 2.24) is 0 Å². The molecular formula is C11H18O5S. The van der Waals surface area contributed by atoms with E-state index < -0.39 is 11.2 Å². The molecule has 0 amide bonds. The third kappa shape index (κ3) is 4.55. The molecule has 0 heterocycles. The zero-order chi connectivity index (χ0) is 12.9. The van der Waals surface area contributed by atoms with Crippen LogP contribution in [-0.2, 0) is 19.1 Å². The molecule has 17 heavy (non-hydrogen) atoms. The Kier molecular flexibility index (Phi) is 5.27. The van der Waals surface area contributed by atoms with E-state index in [-0.39, 0.29) is 18.0 Å². The molecule has 1 atom stereocenters. The van der Waals surface area contributed by atoms with Crippen molar-refractivity contribution >= 4 is 23.7 Å². The van der Waals surface area contributed by atoms with Crippen LogP contribution in [0.25, 0.3) is 0 Å². The molecule has 1 saturated carbocycles. The van der Waals surface area contributed by atoms with E-state index in [2.05, 4.69) is 4.74 Å². The SMILES string of the molecule is COCC(SCC1(CC(=O)OC)CC1)C(=O)O. The van der Waals surface area contributed by atoms with E-state index >= 15 is 0 Å². The van der Waals surface area contributed by atoms with Crippen LogP contribution in [0.3, 0.4) is 0 Å². The first-order chi connectivity index (χ1) is 8.03. The molecule has 1 rings (SSSR count). The summed E-state index contributed by atoms with van der Waals surface area (Å²) in [7, 11) is 2.86. The predicted molar refractivity (Wildman–Crippen MR) is 64.1 cm³/mol. The molecule has 0 radical (unpaired) electrons. The van der Waals surface area contributed by atoms with Gasteiger partial charge >= 0.3 is 11.9 Å². The smallest absolute Gasteiger partial charge is 0.319 e. The van der Waals surface area contributed by atoms with E-state index in [4.69, 9.17) is 9.84 Å². The summed E-state index contributed by atoms with van der Waals surface area (Å²) < 4.78 is 9.50. The van der Waals surface area contributed by atoms with E-state index in [9.17, 15) is 9.59 Å². The Hall–Kier alpha value is -0.750. The average Bonchev–Trinajstić information content (AvgIpc) is 3.04. The summed E-state index contributed by atoms with van der Waals surface area (Å²) in [4.78, 5) is 22.1. The van der Waals surface area contributed by atoms with Crippen LogP contribution in [0.1, 0.15) is 19.3 Å². The highest BCUT2D eigenvalue weighted by molar-refractivity contribution is 8.00. The Bertz CT molecular complexity index is 288. The normalized spacial score (nSPS) is 18.5. The summed E-state index contributed by atoms with van der Waals surface area (Å²) in [5, 5.41) is 8.40. The van der Waals surface area contributed by atoms with Crippen LogP contribution >= 0.6 is 11.8 Å². The standard InChI is InChI=1S/C11H18O5S/c1-15-6-8(10(13)14)17-7-11(3-4-11)5-9(12)16-2/h8H,3-7H2,1-2H3,(H,13,14). The second-order valence-electron chi connectivity index (χ2n) is 4.35. The summed E-state index contributed by atoms with van der Waals surface area (Å²) in [6.07, 6.45) is 2.32. The summed E-state index contributed by atoms with van der Waals surface area (Å²) >= 11 is 1.34. The Labute approximate surface area is 105 Å². The minimum absolute atomic E-state index is 0.0425. The quantitative estimate of drug-likeness (QED) is 0.662. The number of aliphatic carboxylic acids is 1. The Balaban J connectivity index is 2.38. The molecule has 0 aromatic heterocycles. The number of ether oxygens (including phenoxy) is 2. The molecule has 0 aromatic rings. The maximum atomic E-state index is 11.2. The zero-order valence-corrected chi connectivity index (χ0v) is 10.9. The van der Waals surface area contributed by atoms with E-state index in [1.807, 2.05) is 0 Å². The summed E-state index contributed by atoms with van der Waals surface area (Å²) in [6, 6.07) is 0. The molecule has 98 valence electrons.